The summed E-state index contributed by atoms with van der Waals surface area (Å²) >= 11 is 0. The lowest BCUT2D eigenvalue weighted by molar-refractivity contribution is -0.322. The van der Waals surface area contributed by atoms with E-state index in [-0.39, 0.29) is 13.2 Å². The van der Waals surface area contributed by atoms with Gasteiger partial charge in [0, 0.05) is 4.91 Å². The average molecular weight is 237 g/mol. The molecule has 6 heteroatoms. The van der Waals surface area contributed by atoms with E-state index in [9.17, 15) is 5.11 Å². The SMILES string of the molecule is CC(O)(CN=[N+]=[N-])COOCc1ccccc1. The molecule has 0 aliphatic rings. The molecular weight excluding hydrogens is 222 g/mol. The van der Waals surface area contributed by atoms with Crippen LogP contribution < -0.4 is 0 Å². The second-order valence-corrected chi connectivity index (χ2v) is 3.90. The highest BCUT2D eigenvalue weighted by atomic mass is 17.2. The van der Waals surface area contributed by atoms with E-state index in [4.69, 9.17) is 15.3 Å². The summed E-state index contributed by atoms with van der Waals surface area (Å²) in [6.45, 7) is 1.70. The van der Waals surface area contributed by atoms with E-state index in [1.807, 2.05) is 30.3 Å². The first-order valence-electron chi connectivity index (χ1n) is 5.16. The van der Waals surface area contributed by atoms with Gasteiger partial charge in [-0.1, -0.05) is 35.4 Å². The summed E-state index contributed by atoms with van der Waals surface area (Å²) < 4.78 is 0. The summed E-state index contributed by atoms with van der Waals surface area (Å²) in [5.41, 5.74) is 7.88. The maximum Gasteiger partial charge on any atom is 0.111 e. The molecule has 1 unspecified atom stereocenters. The Morgan fingerprint density at radius 3 is 2.71 bits per heavy atom. The van der Waals surface area contributed by atoms with E-state index in [1.54, 1.807) is 0 Å². The van der Waals surface area contributed by atoms with E-state index in [1.165, 1.54) is 6.92 Å². The van der Waals surface area contributed by atoms with Crippen LogP contribution in [0.5, 0.6) is 0 Å². The van der Waals surface area contributed by atoms with Crippen LogP contribution in [0.25, 0.3) is 10.4 Å². The molecule has 17 heavy (non-hydrogen) atoms. The van der Waals surface area contributed by atoms with Gasteiger partial charge in [0.25, 0.3) is 0 Å². The van der Waals surface area contributed by atoms with Gasteiger partial charge in [-0.15, -0.1) is 0 Å². The Morgan fingerprint density at radius 2 is 2.06 bits per heavy atom. The topological polar surface area (TPSA) is 87.5 Å². The van der Waals surface area contributed by atoms with Crippen molar-refractivity contribution in [2.24, 2.45) is 5.11 Å². The molecule has 0 aromatic heterocycles. The van der Waals surface area contributed by atoms with Gasteiger partial charge in [0.2, 0.25) is 0 Å². The zero-order valence-electron chi connectivity index (χ0n) is 9.61. The lowest BCUT2D eigenvalue weighted by Crippen LogP contribution is -2.33. The fraction of sp³-hybridized carbons (Fsp3) is 0.455. The van der Waals surface area contributed by atoms with Gasteiger partial charge in [0.1, 0.15) is 13.2 Å². The van der Waals surface area contributed by atoms with Crippen LogP contribution in [0.2, 0.25) is 0 Å². The first-order valence-corrected chi connectivity index (χ1v) is 5.16. The van der Waals surface area contributed by atoms with E-state index in [0.29, 0.717) is 6.61 Å². The summed E-state index contributed by atoms with van der Waals surface area (Å²) in [6, 6.07) is 9.52. The van der Waals surface area contributed by atoms with Crippen molar-refractivity contribution in [3.05, 3.63) is 46.3 Å². The predicted octanol–water partition coefficient (Wildman–Crippen LogP) is 2.20. The van der Waals surface area contributed by atoms with E-state index < -0.39 is 5.60 Å². The normalized spacial score (nSPS) is 13.8. The Labute approximate surface area is 99.3 Å². The highest BCUT2D eigenvalue weighted by Gasteiger charge is 2.20. The third-order valence-electron chi connectivity index (χ3n) is 2.00. The summed E-state index contributed by atoms with van der Waals surface area (Å²) in [7, 11) is 0. The van der Waals surface area contributed by atoms with Gasteiger partial charge < -0.3 is 5.11 Å². The molecule has 0 spiro atoms. The molecule has 0 bridgehead atoms. The molecule has 6 nitrogen and oxygen atoms in total. The van der Waals surface area contributed by atoms with Crippen molar-refractivity contribution in [3.63, 3.8) is 0 Å². The highest BCUT2D eigenvalue weighted by Crippen LogP contribution is 2.06. The van der Waals surface area contributed by atoms with Crippen molar-refractivity contribution >= 4 is 0 Å². The Kier molecular flexibility index (Phi) is 5.45. The standard InChI is InChI=1S/C11H15N3O3/c1-11(15,8-13-14-12)9-17-16-7-10-5-3-2-4-6-10/h2-6,15H,7-9H2,1H3. The molecule has 0 aliphatic heterocycles. The lowest BCUT2D eigenvalue weighted by atomic mass is 10.1. The van der Waals surface area contributed by atoms with Gasteiger partial charge in [-0.25, -0.2) is 9.78 Å². The molecule has 1 aromatic rings. The quantitative estimate of drug-likeness (QED) is 0.197. The zero-order chi connectivity index (χ0) is 12.6. The number of nitrogens with zero attached hydrogens (tertiary/aromatic N) is 3. The van der Waals surface area contributed by atoms with Crippen molar-refractivity contribution in [3.8, 4) is 0 Å². The number of hydrogen-bond acceptors (Lipinski definition) is 4. The molecule has 0 amide bonds. The smallest absolute Gasteiger partial charge is 0.111 e. The third-order valence-corrected chi connectivity index (χ3v) is 2.00. The van der Waals surface area contributed by atoms with E-state index in [0.717, 1.165) is 5.56 Å². The van der Waals surface area contributed by atoms with Crippen LogP contribution in [0, 0.1) is 0 Å². The molecule has 0 radical (unpaired) electrons. The summed E-state index contributed by atoms with van der Waals surface area (Å²) in [5.74, 6) is 0. The fourth-order valence-corrected chi connectivity index (χ4v) is 1.08. The maximum atomic E-state index is 9.67. The van der Waals surface area contributed by atoms with E-state index >= 15 is 0 Å². The number of aliphatic hydroxyl groups is 1. The first-order chi connectivity index (χ1) is 8.14. The summed E-state index contributed by atoms with van der Waals surface area (Å²) in [6.07, 6.45) is 0. The zero-order valence-corrected chi connectivity index (χ0v) is 9.61. The van der Waals surface area contributed by atoms with Crippen LogP contribution >= 0.6 is 0 Å². The molecule has 1 N–H and O–H groups in total. The average Bonchev–Trinajstić information content (AvgIpc) is 2.34. The molecular formula is C11H15N3O3. The minimum Gasteiger partial charge on any atom is -0.388 e. The maximum absolute atomic E-state index is 9.67. The van der Waals surface area contributed by atoms with Crippen LogP contribution in [-0.4, -0.2) is 23.9 Å². The monoisotopic (exact) mass is 237 g/mol. The van der Waals surface area contributed by atoms with Crippen LogP contribution in [0.1, 0.15) is 12.5 Å². The minimum absolute atomic E-state index is 0.0567. The molecule has 1 rings (SSSR count). The Hall–Kier alpha value is -1.59. The number of hydrogen-bond donors (Lipinski definition) is 1. The highest BCUT2D eigenvalue weighted by molar-refractivity contribution is 5.13. The van der Waals surface area contributed by atoms with Gasteiger partial charge >= 0.3 is 0 Å². The molecule has 0 aliphatic carbocycles. The van der Waals surface area contributed by atoms with E-state index in [2.05, 4.69) is 10.0 Å². The Morgan fingerprint density at radius 1 is 1.35 bits per heavy atom. The van der Waals surface area contributed by atoms with Gasteiger partial charge in [0.15, 0.2) is 0 Å². The lowest BCUT2D eigenvalue weighted by Gasteiger charge is -2.19. The molecule has 1 atom stereocenters. The van der Waals surface area contributed by atoms with Crippen LogP contribution in [0.4, 0.5) is 0 Å². The van der Waals surface area contributed by atoms with Crippen LogP contribution in [0.3, 0.4) is 0 Å². The number of rotatable bonds is 7. The van der Waals surface area contributed by atoms with Crippen molar-refractivity contribution < 1.29 is 14.9 Å². The number of benzene rings is 1. The molecule has 1 aromatic carbocycles. The van der Waals surface area contributed by atoms with Crippen molar-refractivity contribution in [1.82, 2.24) is 0 Å². The largest absolute Gasteiger partial charge is 0.388 e. The third kappa shape index (κ3) is 5.89. The molecule has 0 saturated heterocycles. The summed E-state index contributed by atoms with van der Waals surface area (Å²) in [5, 5.41) is 12.9. The first kappa shape index (κ1) is 13.5. The second-order valence-electron chi connectivity index (χ2n) is 3.90. The predicted molar refractivity (Wildman–Crippen MR) is 61.8 cm³/mol. The van der Waals surface area contributed by atoms with Crippen LogP contribution in [0.15, 0.2) is 35.4 Å². The summed E-state index contributed by atoms with van der Waals surface area (Å²) in [4.78, 5) is 12.4. The molecule has 92 valence electrons. The number of azide groups is 1. The van der Waals surface area contributed by atoms with Gasteiger partial charge in [-0.2, -0.15) is 0 Å². The van der Waals surface area contributed by atoms with Crippen molar-refractivity contribution in [1.29, 1.82) is 0 Å². The van der Waals surface area contributed by atoms with Crippen molar-refractivity contribution in [2.75, 3.05) is 13.2 Å². The van der Waals surface area contributed by atoms with Crippen LogP contribution in [-0.2, 0) is 16.4 Å². The van der Waals surface area contributed by atoms with Gasteiger partial charge in [-0.05, 0) is 18.0 Å². The Balaban J connectivity index is 2.22. The molecule has 0 saturated carbocycles. The fourth-order valence-electron chi connectivity index (χ4n) is 1.08. The Bertz CT molecular complexity index is 375. The molecule has 0 heterocycles. The minimum atomic E-state index is -1.22. The van der Waals surface area contributed by atoms with Gasteiger partial charge in [0.05, 0.1) is 12.1 Å². The second kappa shape index (κ2) is 6.88. The molecule has 0 fully saturated rings. The van der Waals surface area contributed by atoms with Gasteiger partial charge in [-0.3, -0.25) is 0 Å². The van der Waals surface area contributed by atoms with Crippen molar-refractivity contribution in [2.45, 2.75) is 19.1 Å².